The van der Waals surface area contributed by atoms with Gasteiger partial charge in [-0.1, -0.05) is 19.8 Å². The number of hydrogen-bond acceptors (Lipinski definition) is 7. The predicted octanol–water partition coefficient (Wildman–Crippen LogP) is 4.79. The molecule has 1 aromatic carbocycles. The molecule has 4 aliphatic rings. The quantitative estimate of drug-likeness (QED) is 0.492. The van der Waals surface area contributed by atoms with Crippen molar-refractivity contribution < 1.29 is 27.5 Å². The first-order valence-corrected chi connectivity index (χ1v) is 17.6. The molecule has 0 bridgehead atoms. The van der Waals surface area contributed by atoms with E-state index in [1.807, 2.05) is 13.8 Å². The van der Waals surface area contributed by atoms with Gasteiger partial charge < -0.3 is 10.1 Å². The summed E-state index contributed by atoms with van der Waals surface area (Å²) in [5.74, 6) is 1.36. The maximum Gasteiger partial charge on any atom is 0.429 e. The lowest BCUT2D eigenvalue weighted by atomic mass is 9.82. The molecule has 3 heterocycles. The lowest BCUT2D eigenvalue weighted by Gasteiger charge is -2.34. The van der Waals surface area contributed by atoms with E-state index < -0.39 is 27.3 Å². The van der Waals surface area contributed by atoms with Gasteiger partial charge in [0.25, 0.3) is 11.8 Å². The Hall–Kier alpha value is -3.25. The fourth-order valence-corrected chi connectivity index (χ4v) is 7.97. The number of ether oxygens (including phenoxy) is 1. The van der Waals surface area contributed by atoms with Crippen molar-refractivity contribution >= 4 is 39.8 Å². The molecule has 11 nitrogen and oxygen atoms in total. The maximum atomic E-state index is 13.4. The number of nitrogens with one attached hydrogen (secondary N) is 1. The zero-order valence-electron chi connectivity index (χ0n) is 27.4. The van der Waals surface area contributed by atoms with Crippen LogP contribution < -0.4 is 5.32 Å². The second-order valence-corrected chi connectivity index (χ2v) is 15.9. The summed E-state index contributed by atoms with van der Waals surface area (Å²) in [6.45, 7) is 12.5. The van der Waals surface area contributed by atoms with Crippen molar-refractivity contribution in [3.63, 3.8) is 0 Å². The van der Waals surface area contributed by atoms with Gasteiger partial charge in [-0.2, -0.15) is 4.31 Å². The Morgan fingerprint density at radius 3 is 2.20 bits per heavy atom. The third kappa shape index (κ3) is 7.11. The van der Waals surface area contributed by atoms with Gasteiger partial charge in [0.1, 0.15) is 17.0 Å². The predicted molar refractivity (Wildman–Crippen MR) is 173 cm³/mol. The number of hydrazine groups is 1. The number of carbonyl (C=O) groups excluding carboxylic acids is 3. The average Bonchev–Trinajstić information content (AvgIpc) is 3.57. The summed E-state index contributed by atoms with van der Waals surface area (Å²) < 4.78 is 33.6. The Balaban J connectivity index is 1.24. The molecule has 1 saturated carbocycles. The fourth-order valence-electron chi connectivity index (χ4n) is 6.80. The van der Waals surface area contributed by atoms with E-state index in [0.717, 1.165) is 42.6 Å². The van der Waals surface area contributed by atoms with Gasteiger partial charge in [0, 0.05) is 43.1 Å². The molecular weight excluding hydrogens is 594 g/mol. The molecule has 1 aliphatic carbocycles. The van der Waals surface area contributed by atoms with Crippen molar-refractivity contribution in [2.24, 2.45) is 16.8 Å². The molecule has 0 atom stereocenters. The summed E-state index contributed by atoms with van der Waals surface area (Å²) in [7, 11) is -3.75. The van der Waals surface area contributed by atoms with Gasteiger partial charge in [0.15, 0.2) is 0 Å². The fraction of sp³-hybridized carbons (Fsp3) is 0.636. The van der Waals surface area contributed by atoms with E-state index in [1.165, 1.54) is 19.7 Å². The van der Waals surface area contributed by atoms with E-state index in [1.54, 1.807) is 39.0 Å². The van der Waals surface area contributed by atoms with Crippen LogP contribution >= 0.6 is 0 Å². The largest absolute Gasteiger partial charge is 0.442 e. The Morgan fingerprint density at radius 1 is 1.00 bits per heavy atom. The lowest BCUT2D eigenvalue weighted by Crippen LogP contribution is -2.50. The van der Waals surface area contributed by atoms with Crippen molar-refractivity contribution in [1.82, 2.24) is 19.6 Å². The summed E-state index contributed by atoms with van der Waals surface area (Å²) in [5, 5.41) is 7.00. The van der Waals surface area contributed by atoms with Gasteiger partial charge in [0.2, 0.25) is 10.0 Å². The third-order valence-electron chi connectivity index (χ3n) is 9.43. The first-order chi connectivity index (χ1) is 21.1. The minimum atomic E-state index is -3.75. The number of amidine groups is 1. The number of piperidine rings is 1. The highest BCUT2D eigenvalue weighted by atomic mass is 32.2. The van der Waals surface area contributed by atoms with Crippen LogP contribution in [0.25, 0.3) is 6.08 Å². The van der Waals surface area contributed by atoms with Crippen LogP contribution in [-0.2, 0) is 19.6 Å². The normalized spacial score (nSPS) is 24.3. The Bertz CT molecular complexity index is 1490. The molecule has 3 amide bonds. The SMILES string of the molecule is Cc1cc(C(=O)N2CCCN2C(=O)OC(C)(C)C)cc(C)c1C=CS(=O)(=O)N1CCC2(CC1)N=C(C1CCC(C)CC1)NC2=O. The van der Waals surface area contributed by atoms with E-state index in [4.69, 9.17) is 9.73 Å². The molecule has 246 valence electrons. The smallest absolute Gasteiger partial charge is 0.429 e. The van der Waals surface area contributed by atoms with E-state index in [0.29, 0.717) is 49.4 Å². The Labute approximate surface area is 267 Å². The number of aryl methyl sites for hydroxylation is 2. The molecule has 3 fully saturated rings. The molecular formula is C33H47N5O6S. The molecule has 1 spiro atoms. The minimum absolute atomic E-state index is 0.104. The van der Waals surface area contributed by atoms with Crippen LogP contribution in [-0.4, -0.2) is 83.8 Å². The van der Waals surface area contributed by atoms with Crippen LogP contribution in [0.1, 0.15) is 99.7 Å². The standard InChI is InChI=1S/C33H47N5O6S/c1-22-8-10-25(11-9-22)28-34-30(40)33(35-28)13-17-36(18-14-33)45(42,43)19-12-27-23(2)20-26(21-24(27)3)29(39)37-15-7-16-38(37)31(41)44-32(4,5)6/h12,19-22,25H,7-11,13-18H2,1-6H3,(H,34,35,40). The second-order valence-electron chi connectivity index (χ2n) is 14.1. The van der Waals surface area contributed by atoms with Gasteiger partial charge in [-0.3, -0.25) is 14.6 Å². The summed E-state index contributed by atoms with van der Waals surface area (Å²) >= 11 is 0. The number of amides is 3. The zero-order chi connectivity index (χ0) is 32.7. The van der Waals surface area contributed by atoms with Gasteiger partial charge in [0.05, 0.1) is 0 Å². The van der Waals surface area contributed by atoms with Crippen LogP contribution in [0.3, 0.4) is 0 Å². The first kappa shape index (κ1) is 33.1. The number of sulfonamides is 1. The third-order valence-corrected chi connectivity index (χ3v) is 11.0. The van der Waals surface area contributed by atoms with Crippen LogP contribution in [0.15, 0.2) is 22.5 Å². The number of rotatable bonds is 5. The average molecular weight is 642 g/mol. The highest BCUT2D eigenvalue weighted by Gasteiger charge is 2.48. The van der Waals surface area contributed by atoms with Crippen molar-refractivity contribution in [2.75, 3.05) is 26.2 Å². The van der Waals surface area contributed by atoms with Crippen molar-refractivity contribution in [3.05, 3.63) is 39.8 Å². The zero-order valence-corrected chi connectivity index (χ0v) is 28.2. The molecule has 1 N–H and O–H groups in total. The van der Waals surface area contributed by atoms with Crippen molar-refractivity contribution in [3.8, 4) is 0 Å². The monoisotopic (exact) mass is 641 g/mol. The maximum absolute atomic E-state index is 13.4. The molecule has 0 radical (unpaired) electrons. The second kappa shape index (κ2) is 12.5. The summed E-state index contributed by atoms with van der Waals surface area (Å²) in [6.07, 6.45) is 6.68. The number of carbonyl (C=O) groups is 3. The van der Waals surface area contributed by atoms with E-state index in [-0.39, 0.29) is 30.8 Å². The van der Waals surface area contributed by atoms with Crippen LogP contribution in [0.5, 0.6) is 0 Å². The topological polar surface area (TPSA) is 129 Å². The molecule has 45 heavy (non-hydrogen) atoms. The van der Waals surface area contributed by atoms with Gasteiger partial charge in [-0.15, -0.1) is 0 Å². The summed E-state index contributed by atoms with van der Waals surface area (Å²) in [5.41, 5.74) is 1.05. The van der Waals surface area contributed by atoms with Crippen LogP contribution in [0.2, 0.25) is 0 Å². The molecule has 0 unspecified atom stereocenters. The van der Waals surface area contributed by atoms with Crippen LogP contribution in [0.4, 0.5) is 4.79 Å². The summed E-state index contributed by atoms with van der Waals surface area (Å²) in [6, 6.07) is 3.44. The molecule has 12 heteroatoms. The number of nitrogens with zero attached hydrogens (tertiary/aromatic N) is 4. The van der Waals surface area contributed by atoms with Crippen molar-refractivity contribution in [1.29, 1.82) is 0 Å². The van der Waals surface area contributed by atoms with Crippen LogP contribution in [0, 0.1) is 25.7 Å². The highest BCUT2D eigenvalue weighted by Crippen LogP contribution is 2.36. The van der Waals surface area contributed by atoms with Crippen molar-refractivity contribution in [2.45, 2.75) is 97.6 Å². The number of benzene rings is 1. The summed E-state index contributed by atoms with van der Waals surface area (Å²) in [4.78, 5) is 44.0. The van der Waals surface area contributed by atoms with Gasteiger partial charge >= 0.3 is 6.09 Å². The number of hydrogen-bond donors (Lipinski definition) is 1. The molecule has 0 aromatic heterocycles. The van der Waals surface area contributed by atoms with E-state index >= 15 is 0 Å². The minimum Gasteiger partial charge on any atom is -0.442 e. The lowest BCUT2D eigenvalue weighted by molar-refractivity contribution is -0.125. The Morgan fingerprint density at radius 2 is 1.60 bits per heavy atom. The first-order valence-electron chi connectivity index (χ1n) is 16.1. The molecule has 2 saturated heterocycles. The highest BCUT2D eigenvalue weighted by molar-refractivity contribution is 7.92. The van der Waals surface area contributed by atoms with Gasteiger partial charge in [-0.05, 0) is 108 Å². The number of aliphatic imine (C=N–C) groups is 1. The Kier molecular flexibility index (Phi) is 9.21. The van der Waals surface area contributed by atoms with Gasteiger partial charge in [-0.25, -0.2) is 23.2 Å². The molecule has 3 aliphatic heterocycles. The molecule has 5 rings (SSSR count). The molecule has 1 aromatic rings. The van der Waals surface area contributed by atoms with E-state index in [9.17, 15) is 22.8 Å². The van der Waals surface area contributed by atoms with E-state index in [2.05, 4.69) is 12.2 Å².